The van der Waals surface area contributed by atoms with Crippen LogP contribution in [-0.4, -0.2) is 31.2 Å². The molecule has 7 nitrogen and oxygen atoms in total. The molecule has 3 aromatic carbocycles. The largest absolute Gasteiger partial charge is 0.497 e. The van der Waals surface area contributed by atoms with Crippen LogP contribution < -0.4 is 24.8 Å². The van der Waals surface area contributed by atoms with Gasteiger partial charge in [0.05, 0.1) is 24.2 Å². The summed E-state index contributed by atoms with van der Waals surface area (Å²) in [7, 11) is 1.63. The van der Waals surface area contributed by atoms with E-state index in [1.54, 1.807) is 13.2 Å². The van der Waals surface area contributed by atoms with Crippen LogP contribution in [0.25, 0.3) is 10.9 Å². The number of para-hydroxylation sites is 1. The highest BCUT2D eigenvalue weighted by molar-refractivity contribution is 6.07. The van der Waals surface area contributed by atoms with Crippen molar-refractivity contribution in [3.8, 4) is 17.2 Å². The maximum atomic E-state index is 13.4. The number of fused-ring (bicyclic) bond motifs is 2. The molecule has 0 spiro atoms. The number of rotatable bonds is 6. The van der Waals surface area contributed by atoms with E-state index in [2.05, 4.69) is 15.6 Å². The Balaban J connectivity index is 1.41. The van der Waals surface area contributed by atoms with Crippen molar-refractivity contribution in [1.82, 2.24) is 10.3 Å². The number of hydrogen-bond donors (Lipinski definition) is 2. The molecule has 172 valence electrons. The van der Waals surface area contributed by atoms with Crippen molar-refractivity contribution < 1.29 is 19.0 Å². The van der Waals surface area contributed by atoms with Crippen molar-refractivity contribution in [2.75, 3.05) is 25.6 Å². The average molecular weight is 456 g/mol. The minimum atomic E-state index is -0.228. The average Bonchev–Trinajstić information content (AvgIpc) is 2.88. The molecule has 7 heteroatoms. The first kappa shape index (κ1) is 21.6. The lowest BCUT2D eigenvalue weighted by atomic mass is 10.0. The van der Waals surface area contributed by atoms with Crippen molar-refractivity contribution >= 4 is 28.3 Å². The number of anilines is 2. The smallest absolute Gasteiger partial charge is 0.252 e. The molecule has 1 amide bonds. The van der Waals surface area contributed by atoms with Crippen molar-refractivity contribution in [2.45, 2.75) is 13.0 Å². The number of aromatic nitrogens is 1. The Morgan fingerprint density at radius 1 is 0.971 bits per heavy atom. The predicted octanol–water partition coefficient (Wildman–Crippen LogP) is 5.25. The quantitative estimate of drug-likeness (QED) is 0.413. The molecule has 5 rings (SSSR count). The fourth-order valence-electron chi connectivity index (χ4n) is 3.94. The number of hydrogen-bond acceptors (Lipinski definition) is 6. The number of nitrogens with zero attached hydrogens (tertiary/aromatic N) is 1. The van der Waals surface area contributed by atoms with E-state index in [-0.39, 0.29) is 11.9 Å². The summed E-state index contributed by atoms with van der Waals surface area (Å²) in [5.74, 6) is 2.60. The van der Waals surface area contributed by atoms with Crippen LogP contribution in [0.15, 0.2) is 72.8 Å². The number of benzene rings is 3. The summed E-state index contributed by atoms with van der Waals surface area (Å²) in [4.78, 5) is 18.1. The lowest BCUT2D eigenvalue weighted by Crippen LogP contribution is -2.27. The van der Waals surface area contributed by atoms with E-state index >= 15 is 0 Å². The van der Waals surface area contributed by atoms with Gasteiger partial charge >= 0.3 is 0 Å². The van der Waals surface area contributed by atoms with Gasteiger partial charge in [-0.05, 0) is 61.0 Å². The van der Waals surface area contributed by atoms with Crippen LogP contribution in [0.5, 0.6) is 17.2 Å². The third-order valence-corrected chi connectivity index (χ3v) is 5.74. The van der Waals surface area contributed by atoms with Gasteiger partial charge < -0.3 is 24.8 Å². The van der Waals surface area contributed by atoms with Gasteiger partial charge in [-0.15, -0.1) is 0 Å². The second kappa shape index (κ2) is 9.31. The molecule has 0 saturated heterocycles. The standard InChI is InChI=1S/C27H25N3O4/c1-17(18-7-12-24-25(15-18)34-14-13-33-24)28-27(31)22-16-26(30-23-6-4-3-5-21(22)23)29-19-8-10-20(32-2)11-9-19/h3-12,15-17H,13-14H2,1-2H3,(H,28,31)(H,29,30). The summed E-state index contributed by atoms with van der Waals surface area (Å²) in [5, 5.41) is 7.18. The van der Waals surface area contributed by atoms with Crippen LogP contribution in [0, 0.1) is 0 Å². The number of nitrogens with one attached hydrogen (secondary N) is 2. The van der Waals surface area contributed by atoms with Crippen molar-refractivity contribution in [2.24, 2.45) is 0 Å². The Morgan fingerprint density at radius 2 is 1.74 bits per heavy atom. The Morgan fingerprint density at radius 3 is 2.53 bits per heavy atom. The first-order valence-corrected chi connectivity index (χ1v) is 11.1. The zero-order valence-corrected chi connectivity index (χ0v) is 19.0. The van der Waals surface area contributed by atoms with Gasteiger partial charge in [-0.25, -0.2) is 4.98 Å². The van der Waals surface area contributed by atoms with Gasteiger partial charge in [0.15, 0.2) is 11.5 Å². The molecule has 1 aliphatic heterocycles. The number of pyridine rings is 1. The molecule has 0 aliphatic carbocycles. The third-order valence-electron chi connectivity index (χ3n) is 5.74. The van der Waals surface area contributed by atoms with Gasteiger partial charge in [0, 0.05) is 11.1 Å². The minimum absolute atomic E-state index is 0.182. The zero-order chi connectivity index (χ0) is 23.5. The minimum Gasteiger partial charge on any atom is -0.497 e. The Labute approximate surface area is 197 Å². The van der Waals surface area contributed by atoms with Crippen LogP contribution in [0.3, 0.4) is 0 Å². The van der Waals surface area contributed by atoms with E-state index in [1.807, 2.05) is 73.7 Å². The van der Waals surface area contributed by atoms with Gasteiger partial charge in [0.1, 0.15) is 24.8 Å². The summed E-state index contributed by atoms with van der Waals surface area (Å²) in [6.07, 6.45) is 0. The monoisotopic (exact) mass is 455 g/mol. The fourth-order valence-corrected chi connectivity index (χ4v) is 3.94. The van der Waals surface area contributed by atoms with Crippen LogP contribution in [0.4, 0.5) is 11.5 Å². The Bertz CT molecular complexity index is 1340. The third kappa shape index (κ3) is 4.45. The first-order valence-electron chi connectivity index (χ1n) is 11.1. The van der Waals surface area contributed by atoms with Gasteiger partial charge in [0.25, 0.3) is 5.91 Å². The SMILES string of the molecule is COc1ccc(Nc2cc(C(=O)NC(C)c3ccc4c(c3)OCCO4)c3ccccc3n2)cc1. The second-order valence-electron chi connectivity index (χ2n) is 8.02. The lowest BCUT2D eigenvalue weighted by Gasteiger charge is -2.21. The summed E-state index contributed by atoms with van der Waals surface area (Å²) in [6.45, 7) is 3.01. The Kier molecular flexibility index (Phi) is 5.91. The summed E-state index contributed by atoms with van der Waals surface area (Å²) in [6, 6.07) is 22.4. The zero-order valence-electron chi connectivity index (χ0n) is 19.0. The number of amides is 1. The highest BCUT2D eigenvalue weighted by atomic mass is 16.6. The maximum Gasteiger partial charge on any atom is 0.252 e. The summed E-state index contributed by atoms with van der Waals surface area (Å²) >= 11 is 0. The predicted molar refractivity (Wildman–Crippen MR) is 131 cm³/mol. The van der Waals surface area contributed by atoms with Crippen LogP contribution in [0.2, 0.25) is 0 Å². The topological polar surface area (TPSA) is 81.7 Å². The molecular weight excluding hydrogens is 430 g/mol. The molecule has 4 aromatic rings. The van der Waals surface area contributed by atoms with E-state index in [4.69, 9.17) is 14.2 Å². The van der Waals surface area contributed by atoms with E-state index in [0.29, 0.717) is 30.3 Å². The number of ether oxygens (including phenoxy) is 3. The molecule has 0 saturated carbocycles. The van der Waals surface area contributed by atoms with Crippen LogP contribution in [-0.2, 0) is 0 Å². The summed E-state index contributed by atoms with van der Waals surface area (Å²) < 4.78 is 16.5. The molecule has 0 fully saturated rings. The molecule has 1 atom stereocenters. The van der Waals surface area contributed by atoms with Gasteiger partial charge in [0.2, 0.25) is 0 Å². The Hall–Kier alpha value is -4.26. The second-order valence-corrected chi connectivity index (χ2v) is 8.02. The highest BCUT2D eigenvalue weighted by Crippen LogP contribution is 2.33. The van der Waals surface area contributed by atoms with E-state index in [1.165, 1.54) is 0 Å². The first-order chi connectivity index (χ1) is 16.6. The van der Waals surface area contributed by atoms with Crippen molar-refractivity contribution in [3.63, 3.8) is 0 Å². The molecule has 1 unspecified atom stereocenters. The fraction of sp³-hybridized carbons (Fsp3) is 0.185. The normalized spacial score (nSPS) is 13.2. The van der Waals surface area contributed by atoms with E-state index in [0.717, 1.165) is 33.7 Å². The number of carbonyl (C=O) groups excluding carboxylic acids is 1. The molecule has 1 aliphatic rings. The van der Waals surface area contributed by atoms with E-state index in [9.17, 15) is 4.79 Å². The molecule has 0 radical (unpaired) electrons. The molecule has 0 bridgehead atoms. The molecule has 2 heterocycles. The molecule has 1 aromatic heterocycles. The van der Waals surface area contributed by atoms with E-state index < -0.39 is 0 Å². The highest BCUT2D eigenvalue weighted by Gasteiger charge is 2.19. The lowest BCUT2D eigenvalue weighted by molar-refractivity contribution is 0.0941. The molecule has 2 N–H and O–H groups in total. The van der Waals surface area contributed by atoms with Gasteiger partial charge in [-0.3, -0.25) is 4.79 Å². The maximum absolute atomic E-state index is 13.4. The van der Waals surface area contributed by atoms with Crippen molar-refractivity contribution in [3.05, 3.63) is 83.9 Å². The molecule has 34 heavy (non-hydrogen) atoms. The van der Waals surface area contributed by atoms with Gasteiger partial charge in [-0.1, -0.05) is 24.3 Å². The van der Waals surface area contributed by atoms with Gasteiger partial charge in [-0.2, -0.15) is 0 Å². The van der Waals surface area contributed by atoms with Crippen LogP contribution >= 0.6 is 0 Å². The number of carbonyl (C=O) groups is 1. The number of methoxy groups -OCH3 is 1. The van der Waals surface area contributed by atoms with Crippen LogP contribution in [0.1, 0.15) is 28.9 Å². The van der Waals surface area contributed by atoms with Crippen molar-refractivity contribution in [1.29, 1.82) is 0 Å². The summed E-state index contributed by atoms with van der Waals surface area (Å²) in [5.41, 5.74) is 3.07. The molecular formula is C27H25N3O4.